The van der Waals surface area contributed by atoms with E-state index >= 15 is 0 Å². The minimum absolute atomic E-state index is 0.630. The van der Waals surface area contributed by atoms with E-state index in [2.05, 4.69) is 23.1 Å². The van der Waals surface area contributed by atoms with Crippen LogP contribution in [0.1, 0.15) is 30.4 Å². The highest BCUT2D eigenvalue weighted by Crippen LogP contribution is 2.28. The Labute approximate surface area is 126 Å². The van der Waals surface area contributed by atoms with Crippen molar-refractivity contribution in [3.63, 3.8) is 0 Å². The molecule has 0 radical (unpaired) electrons. The van der Waals surface area contributed by atoms with Gasteiger partial charge in [0.15, 0.2) is 0 Å². The lowest BCUT2D eigenvalue weighted by molar-refractivity contribution is 0.275. The van der Waals surface area contributed by atoms with Crippen LogP contribution in [0.15, 0.2) is 18.2 Å². The third-order valence-corrected chi connectivity index (χ3v) is 4.35. The Morgan fingerprint density at radius 1 is 1.35 bits per heavy atom. The number of thiocarbonyl (C=S) groups is 1. The second-order valence-electron chi connectivity index (χ2n) is 5.77. The average molecular weight is 290 g/mol. The molecule has 1 aliphatic heterocycles. The van der Waals surface area contributed by atoms with Gasteiger partial charge in [-0.15, -0.1) is 0 Å². The summed E-state index contributed by atoms with van der Waals surface area (Å²) in [7, 11) is 0. The molecule has 3 nitrogen and oxygen atoms in total. The number of rotatable bonds is 7. The van der Waals surface area contributed by atoms with Gasteiger partial charge in [-0.1, -0.05) is 24.4 Å². The smallest absolute Gasteiger partial charge is 0.122 e. The summed E-state index contributed by atoms with van der Waals surface area (Å²) in [6.07, 6.45) is 5.65. The number of nitrogens with two attached hydrogens (primary N) is 1. The van der Waals surface area contributed by atoms with Crippen LogP contribution in [0.4, 0.5) is 0 Å². The summed E-state index contributed by atoms with van der Waals surface area (Å²) < 4.78 is 5.55. The zero-order chi connectivity index (χ0) is 13.9. The van der Waals surface area contributed by atoms with Crippen LogP contribution in [0.3, 0.4) is 0 Å². The number of ether oxygens (including phenoxy) is 1. The monoisotopic (exact) mass is 290 g/mol. The van der Waals surface area contributed by atoms with Crippen molar-refractivity contribution in [1.29, 1.82) is 0 Å². The van der Waals surface area contributed by atoms with E-state index in [-0.39, 0.29) is 0 Å². The maximum Gasteiger partial charge on any atom is 0.122 e. The van der Waals surface area contributed by atoms with E-state index in [4.69, 9.17) is 22.7 Å². The molecular weight excluding hydrogens is 268 g/mol. The summed E-state index contributed by atoms with van der Waals surface area (Å²) in [5, 5.41) is 0. The molecule has 0 unspecified atom stereocenters. The topological polar surface area (TPSA) is 38.5 Å². The third kappa shape index (κ3) is 3.49. The van der Waals surface area contributed by atoms with Gasteiger partial charge in [-0.3, -0.25) is 4.90 Å². The Bertz CT molecular complexity index is 499. The largest absolute Gasteiger partial charge is 0.493 e. The highest BCUT2D eigenvalue weighted by molar-refractivity contribution is 7.80. The highest BCUT2D eigenvalue weighted by atomic mass is 32.1. The van der Waals surface area contributed by atoms with Gasteiger partial charge < -0.3 is 10.5 Å². The molecule has 4 heteroatoms. The van der Waals surface area contributed by atoms with E-state index in [0.717, 1.165) is 50.8 Å². The van der Waals surface area contributed by atoms with Crippen molar-refractivity contribution in [3.05, 3.63) is 29.3 Å². The van der Waals surface area contributed by atoms with Crippen LogP contribution in [-0.4, -0.2) is 35.6 Å². The van der Waals surface area contributed by atoms with Crippen LogP contribution in [0.25, 0.3) is 0 Å². The fourth-order valence-corrected chi connectivity index (χ4v) is 2.93. The van der Waals surface area contributed by atoms with Crippen LogP contribution in [0, 0.1) is 0 Å². The molecule has 2 N–H and O–H groups in total. The van der Waals surface area contributed by atoms with E-state index in [0.29, 0.717) is 4.99 Å². The van der Waals surface area contributed by atoms with Gasteiger partial charge in [0.25, 0.3) is 0 Å². The first-order chi connectivity index (χ1) is 9.72. The van der Waals surface area contributed by atoms with Crippen molar-refractivity contribution in [1.82, 2.24) is 4.90 Å². The van der Waals surface area contributed by atoms with Gasteiger partial charge in [-0.2, -0.15) is 0 Å². The zero-order valence-electron chi connectivity index (χ0n) is 11.8. The van der Waals surface area contributed by atoms with Crippen molar-refractivity contribution in [2.45, 2.75) is 38.1 Å². The van der Waals surface area contributed by atoms with Gasteiger partial charge in [0.2, 0.25) is 0 Å². The molecule has 2 aliphatic rings. The summed E-state index contributed by atoms with van der Waals surface area (Å²) in [5.41, 5.74) is 8.40. The Morgan fingerprint density at radius 3 is 2.95 bits per heavy atom. The minimum atomic E-state index is 0.630. The van der Waals surface area contributed by atoms with Gasteiger partial charge in [-0.25, -0.2) is 0 Å². The van der Waals surface area contributed by atoms with Crippen LogP contribution >= 0.6 is 12.2 Å². The predicted molar refractivity (Wildman–Crippen MR) is 85.3 cm³/mol. The first-order valence-corrected chi connectivity index (χ1v) is 7.90. The van der Waals surface area contributed by atoms with E-state index in [1.54, 1.807) is 0 Å². The second kappa shape index (κ2) is 6.10. The molecule has 1 aromatic carbocycles. The van der Waals surface area contributed by atoms with Crippen molar-refractivity contribution >= 4 is 17.2 Å². The minimum Gasteiger partial charge on any atom is -0.493 e. The molecule has 1 heterocycles. The van der Waals surface area contributed by atoms with Crippen molar-refractivity contribution in [2.75, 3.05) is 19.7 Å². The van der Waals surface area contributed by atoms with Gasteiger partial charge in [0.1, 0.15) is 5.75 Å². The summed E-state index contributed by atoms with van der Waals surface area (Å²) in [6, 6.07) is 7.39. The molecule has 0 aromatic heterocycles. The predicted octanol–water partition coefficient (Wildman–Crippen LogP) is 2.30. The van der Waals surface area contributed by atoms with Crippen molar-refractivity contribution in [3.8, 4) is 5.75 Å². The van der Waals surface area contributed by atoms with E-state index in [1.807, 2.05) is 0 Å². The first-order valence-electron chi connectivity index (χ1n) is 7.49. The van der Waals surface area contributed by atoms with E-state index in [9.17, 15) is 0 Å². The lowest BCUT2D eigenvalue weighted by atomic mass is 10.1. The number of benzene rings is 1. The molecule has 0 atom stereocenters. The molecule has 1 aliphatic carbocycles. The van der Waals surface area contributed by atoms with Gasteiger partial charge >= 0.3 is 0 Å². The standard InChI is InChI=1S/C16H22N2OS/c17-16(20)6-9-18(14-2-3-14)8-5-12-1-4-15-13(11-12)7-10-19-15/h1,4,11,14H,2-3,5-10H2,(H2,17,20). The number of hydrogen-bond donors (Lipinski definition) is 1. The fraction of sp³-hybridized carbons (Fsp3) is 0.562. The number of nitrogens with zero attached hydrogens (tertiary/aromatic N) is 1. The van der Waals surface area contributed by atoms with Crippen LogP contribution in [0.5, 0.6) is 5.75 Å². The molecule has 0 saturated heterocycles. The normalized spacial score (nSPS) is 17.1. The Morgan fingerprint density at radius 2 is 2.20 bits per heavy atom. The lowest BCUT2D eigenvalue weighted by Gasteiger charge is -2.21. The molecular formula is C16H22N2OS. The molecule has 0 bridgehead atoms. The average Bonchev–Trinajstić information content (AvgIpc) is 3.16. The molecule has 1 fully saturated rings. The summed E-state index contributed by atoms with van der Waals surface area (Å²) >= 11 is 4.99. The molecule has 1 aromatic rings. The molecule has 1 saturated carbocycles. The van der Waals surface area contributed by atoms with Gasteiger partial charge in [0.05, 0.1) is 11.6 Å². The summed E-state index contributed by atoms with van der Waals surface area (Å²) in [5.74, 6) is 1.07. The molecule has 20 heavy (non-hydrogen) atoms. The van der Waals surface area contributed by atoms with Crippen molar-refractivity contribution < 1.29 is 4.74 Å². The Balaban J connectivity index is 1.55. The van der Waals surface area contributed by atoms with Crippen molar-refractivity contribution in [2.24, 2.45) is 5.73 Å². The fourth-order valence-electron chi connectivity index (χ4n) is 2.84. The van der Waals surface area contributed by atoms with Crippen LogP contribution in [-0.2, 0) is 12.8 Å². The van der Waals surface area contributed by atoms with E-state index < -0.39 is 0 Å². The SMILES string of the molecule is NC(=S)CCN(CCc1ccc2c(c1)CCO2)C1CC1. The van der Waals surface area contributed by atoms with Gasteiger partial charge in [-0.05, 0) is 36.5 Å². The second-order valence-corrected chi connectivity index (χ2v) is 6.30. The van der Waals surface area contributed by atoms with Gasteiger partial charge in [0, 0.05) is 32.0 Å². The zero-order valence-corrected chi connectivity index (χ0v) is 12.6. The van der Waals surface area contributed by atoms with Crippen LogP contribution in [0.2, 0.25) is 0 Å². The molecule has 0 amide bonds. The van der Waals surface area contributed by atoms with Crippen LogP contribution < -0.4 is 10.5 Å². The third-order valence-electron chi connectivity index (χ3n) is 4.15. The maximum atomic E-state index is 5.62. The number of fused-ring (bicyclic) bond motifs is 1. The quantitative estimate of drug-likeness (QED) is 0.782. The Hall–Kier alpha value is -1.13. The summed E-state index contributed by atoms with van der Waals surface area (Å²) in [6.45, 7) is 2.95. The Kier molecular flexibility index (Phi) is 4.22. The van der Waals surface area contributed by atoms with E-state index in [1.165, 1.54) is 24.0 Å². The molecule has 0 spiro atoms. The summed E-state index contributed by atoms with van der Waals surface area (Å²) in [4.78, 5) is 3.17. The number of hydrogen-bond acceptors (Lipinski definition) is 3. The molecule has 3 rings (SSSR count). The first kappa shape index (κ1) is 13.8. The molecule has 108 valence electrons. The maximum absolute atomic E-state index is 5.62. The lowest BCUT2D eigenvalue weighted by Crippen LogP contribution is -2.31. The highest BCUT2D eigenvalue weighted by Gasteiger charge is 2.28.